The second-order valence-corrected chi connectivity index (χ2v) is 3.72. The number of aliphatic hydroxyl groups is 1. The lowest BCUT2D eigenvalue weighted by Gasteiger charge is -2.05. The normalized spacial score (nSPS) is 9.88. The summed E-state index contributed by atoms with van der Waals surface area (Å²) in [5.41, 5.74) is 0. The number of amides is 2. The van der Waals surface area contributed by atoms with E-state index < -0.39 is 11.8 Å². The van der Waals surface area contributed by atoms with Crippen molar-refractivity contribution in [3.05, 3.63) is 0 Å². The van der Waals surface area contributed by atoms with Crippen LogP contribution in [0.15, 0.2) is 0 Å². The van der Waals surface area contributed by atoms with Gasteiger partial charge in [0, 0.05) is 25.6 Å². The van der Waals surface area contributed by atoms with Gasteiger partial charge in [-0.2, -0.15) is 0 Å². The first-order valence-corrected chi connectivity index (χ1v) is 5.98. The SMILES string of the molecule is O=C(NCCCCl)C(=O)NCCCCCO. The third-order valence-electron chi connectivity index (χ3n) is 1.92. The van der Waals surface area contributed by atoms with Gasteiger partial charge in [-0.25, -0.2) is 0 Å². The lowest BCUT2D eigenvalue weighted by atomic mass is 10.2. The topological polar surface area (TPSA) is 78.4 Å². The minimum absolute atomic E-state index is 0.160. The van der Waals surface area contributed by atoms with Crippen molar-refractivity contribution in [3.8, 4) is 0 Å². The molecule has 94 valence electrons. The van der Waals surface area contributed by atoms with Gasteiger partial charge in [0.25, 0.3) is 0 Å². The van der Waals surface area contributed by atoms with Gasteiger partial charge in [-0.15, -0.1) is 11.6 Å². The number of carbonyl (C=O) groups excluding carboxylic acids is 2. The van der Waals surface area contributed by atoms with Crippen molar-refractivity contribution in [1.82, 2.24) is 10.6 Å². The summed E-state index contributed by atoms with van der Waals surface area (Å²) < 4.78 is 0. The summed E-state index contributed by atoms with van der Waals surface area (Å²) in [5, 5.41) is 13.5. The zero-order chi connectivity index (χ0) is 12.2. The largest absolute Gasteiger partial charge is 0.396 e. The average Bonchev–Trinajstić information content (AvgIpc) is 2.28. The van der Waals surface area contributed by atoms with Gasteiger partial charge >= 0.3 is 11.8 Å². The van der Waals surface area contributed by atoms with E-state index >= 15 is 0 Å². The number of carbonyl (C=O) groups is 2. The molecule has 0 spiro atoms. The molecule has 0 aliphatic carbocycles. The van der Waals surface area contributed by atoms with E-state index in [1.54, 1.807) is 0 Å². The van der Waals surface area contributed by atoms with Crippen LogP contribution < -0.4 is 10.6 Å². The molecule has 0 aliphatic rings. The van der Waals surface area contributed by atoms with Gasteiger partial charge in [-0.3, -0.25) is 9.59 Å². The third-order valence-corrected chi connectivity index (χ3v) is 2.19. The van der Waals surface area contributed by atoms with E-state index in [0.29, 0.717) is 25.4 Å². The molecule has 0 aromatic carbocycles. The highest BCUT2D eigenvalue weighted by Crippen LogP contribution is 1.91. The maximum Gasteiger partial charge on any atom is 0.309 e. The molecule has 6 heteroatoms. The van der Waals surface area contributed by atoms with Gasteiger partial charge in [0.2, 0.25) is 0 Å². The molecule has 0 atom stereocenters. The van der Waals surface area contributed by atoms with Crippen molar-refractivity contribution in [2.75, 3.05) is 25.6 Å². The van der Waals surface area contributed by atoms with E-state index in [1.165, 1.54) is 0 Å². The summed E-state index contributed by atoms with van der Waals surface area (Å²) >= 11 is 5.42. The summed E-state index contributed by atoms with van der Waals surface area (Å²) in [6.45, 7) is 1.04. The summed E-state index contributed by atoms with van der Waals surface area (Å²) in [6, 6.07) is 0. The van der Waals surface area contributed by atoms with Crippen molar-refractivity contribution < 1.29 is 14.7 Å². The van der Waals surface area contributed by atoms with Gasteiger partial charge < -0.3 is 15.7 Å². The highest BCUT2D eigenvalue weighted by atomic mass is 35.5. The predicted molar refractivity (Wildman–Crippen MR) is 62.3 cm³/mol. The Balaban J connectivity index is 3.44. The Morgan fingerprint density at radius 3 is 2.00 bits per heavy atom. The number of halogens is 1. The molecule has 0 radical (unpaired) electrons. The van der Waals surface area contributed by atoms with Crippen LogP contribution in [0.1, 0.15) is 25.7 Å². The number of rotatable bonds is 8. The number of hydrogen-bond donors (Lipinski definition) is 3. The molecule has 0 aliphatic heterocycles. The molecule has 3 N–H and O–H groups in total. The van der Waals surface area contributed by atoms with Gasteiger partial charge in [0.05, 0.1) is 0 Å². The highest BCUT2D eigenvalue weighted by Gasteiger charge is 2.10. The van der Waals surface area contributed by atoms with Crippen molar-refractivity contribution >= 4 is 23.4 Å². The number of alkyl halides is 1. The fraction of sp³-hybridized carbons (Fsp3) is 0.800. The summed E-state index contributed by atoms with van der Waals surface area (Å²) in [6.07, 6.45) is 2.97. The van der Waals surface area contributed by atoms with E-state index in [-0.39, 0.29) is 6.61 Å². The van der Waals surface area contributed by atoms with Crippen LogP contribution in [0.2, 0.25) is 0 Å². The monoisotopic (exact) mass is 250 g/mol. The molecule has 0 bridgehead atoms. The van der Waals surface area contributed by atoms with Gasteiger partial charge in [-0.1, -0.05) is 0 Å². The predicted octanol–water partition coefficient (Wildman–Crippen LogP) is 0.0103. The molecule has 0 heterocycles. The van der Waals surface area contributed by atoms with Crippen LogP contribution in [0.3, 0.4) is 0 Å². The molecule has 0 unspecified atom stereocenters. The summed E-state index contributed by atoms with van der Waals surface area (Å²) in [4.78, 5) is 22.3. The van der Waals surface area contributed by atoms with Gasteiger partial charge in [-0.05, 0) is 25.7 Å². The van der Waals surface area contributed by atoms with Crippen molar-refractivity contribution in [1.29, 1.82) is 0 Å². The average molecular weight is 251 g/mol. The van der Waals surface area contributed by atoms with Crippen LogP contribution in [0.4, 0.5) is 0 Å². The lowest BCUT2D eigenvalue weighted by Crippen LogP contribution is -2.40. The number of hydrogen-bond acceptors (Lipinski definition) is 3. The van der Waals surface area contributed by atoms with Crippen LogP contribution in [0.5, 0.6) is 0 Å². The number of unbranched alkanes of at least 4 members (excludes halogenated alkanes) is 2. The van der Waals surface area contributed by atoms with Crippen molar-refractivity contribution in [2.45, 2.75) is 25.7 Å². The molecular formula is C10H19ClN2O3. The Morgan fingerprint density at radius 1 is 0.938 bits per heavy atom. The first-order chi connectivity index (χ1) is 7.72. The quantitative estimate of drug-likeness (QED) is 0.323. The third kappa shape index (κ3) is 8.49. The van der Waals surface area contributed by atoms with Crippen LogP contribution in [-0.2, 0) is 9.59 Å². The van der Waals surface area contributed by atoms with E-state index in [0.717, 1.165) is 19.3 Å². The molecule has 0 saturated heterocycles. The zero-order valence-corrected chi connectivity index (χ0v) is 10.1. The molecule has 5 nitrogen and oxygen atoms in total. The Hall–Kier alpha value is -0.810. The molecule has 0 rings (SSSR count). The number of aliphatic hydroxyl groups excluding tert-OH is 1. The Morgan fingerprint density at radius 2 is 1.50 bits per heavy atom. The molecular weight excluding hydrogens is 232 g/mol. The Labute approximate surface area is 101 Å². The van der Waals surface area contributed by atoms with Crippen molar-refractivity contribution in [3.63, 3.8) is 0 Å². The summed E-state index contributed by atoms with van der Waals surface area (Å²) in [7, 11) is 0. The standard InChI is InChI=1S/C10H19ClN2O3/c11-5-4-7-13-10(16)9(15)12-6-2-1-3-8-14/h14H,1-8H2,(H,12,15)(H,13,16). The number of nitrogens with one attached hydrogen (secondary N) is 2. The molecule has 0 saturated carbocycles. The van der Waals surface area contributed by atoms with Crippen LogP contribution in [0.25, 0.3) is 0 Å². The minimum Gasteiger partial charge on any atom is -0.396 e. The molecule has 0 aromatic heterocycles. The van der Waals surface area contributed by atoms with Crippen LogP contribution >= 0.6 is 11.6 Å². The molecule has 0 aromatic rings. The van der Waals surface area contributed by atoms with E-state index in [1.807, 2.05) is 0 Å². The first kappa shape index (κ1) is 15.2. The second-order valence-electron chi connectivity index (χ2n) is 3.34. The second kappa shape index (κ2) is 10.7. The van der Waals surface area contributed by atoms with Crippen molar-refractivity contribution in [2.24, 2.45) is 0 Å². The Kier molecular flexibility index (Phi) is 10.2. The van der Waals surface area contributed by atoms with Gasteiger partial charge in [0.1, 0.15) is 0 Å². The fourth-order valence-corrected chi connectivity index (χ4v) is 1.18. The van der Waals surface area contributed by atoms with Crippen LogP contribution in [-0.4, -0.2) is 42.5 Å². The Bertz CT molecular complexity index is 212. The lowest BCUT2D eigenvalue weighted by molar-refractivity contribution is -0.139. The van der Waals surface area contributed by atoms with Crippen LogP contribution in [0, 0.1) is 0 Å². The van der Waals surface area contributed by atoms with E-state index in [4.69, 9.17) is 16.7 Å². The molecule has 16 heavy (non-hydrogen) atoms. The molecule has 0 fully saturated rings. The van der Waals surface area contributed by atoms with Gasteiger partial charge in [0.15, 0.2) is 0 Å². The fourth-order valence-electron chi connectivity index (χ4n) is 1.04. The first-order valence-electron chi connectivity index (χ1n) is 5.45. The summed E-state index contributed by atoms with van der Waals surface area (Å²) in [5.74, 6) is -0.769. The zero-order valence-electron chi connectivity index (χ0n) is 9.30. The highest BCUT2D eigenvalue weighted by molar-refractivity contribution is 6.35. The van der Waals surface area contributed by atoms with E-state index in [9.17, 15) is 9.59 Å². The smallest absolute Gasteiger partial charge is 0.309 e. The minimum atomic E-state index is -0.618. The maximum atomic E-state index is 11.2. The van der Waals surface area contributed by atoms with E-state index in [2.05, 4.69) is 10.6 Å². The maximum absolute atomic E-state index is 11.2. The molecule has 2 amide bonds.